The molecule has 1 amide bonds. The lowest BCUT2D eigenvalue weighted by Gasteiger charge is -2.24. The van der Waals surface area contributed by atoms with Crippen LogP contribution in [0.3, 0.4) is 0 Å². The van der Waals surface area contributed by atoms with Crippen LogP contribution in [0, 0.1) is 0 Å². The van der Waals surface area contributed by atoms with Gasteiger partial charge in [0.05, 0.1) is 33.2 Å². The van der Waals surface area contributed by atoms with E-state index >= 15 is 0 Å². The fourth-order valence-corrected chi connectivity index (χ4v) is 3.51. The molecule has 0 fully saturated rings. The highest BCUT2D eigenvalue weighted by Gasteiger charge is 2.31. The third kappa shape index (κ3) is 3.05. The number of aromatic nitrogens is 2. The first-order valence-corrected chi connectivity index (χ1v) is 8.88. The molecule has 7 heteroatoms. The lowest BCUT2D eigenvalue weighted by Crippen LogP contribution is -2.24. The maximum absolute atomic E-state index is 12.4. The molecular weight excluding hydrogens is 358 g/mol. The maximum Gasteiger partial charge on any atom is 0.226 e. The van der Waals surface area contributed by atoms with Crippen LogP contribution in [0.4, 0.5) is 5.82 Å². The molecule has 1 aliphatic rings. The number of hydrogen-bond acceptors (Lipinski definition) is 5. The Hall–Kier alpha value is -3.48. The summed E-state index contributed by atoms with van der Waals surface area (Å²) in [4.78, 5) is 12.4. The largest absolute Gasteiger partial charge is 0.497 e. The summed E-state index contributed by atoms with van der Waals surface area (Å²) in [5, 5.41) is 7.48. The Labute approximate surface area is 162 Å². The summed E-state index contributed by atoms with van der Waals surface area (Å²) in [6.45, 7) is 0. The van der Waals surface area contributed by atoms with Crippen LogP contribution in [0.25, 0.3) is 5.69 Å². The third-order valence-corrected chi connectivity index (χ3v) is 4.95. The van der Waals surface area contributed by atoms with Gasteiger partial charge in [0.2, 0.25) is 5.91 Å². The number of nitrogens with one attached hydrogen (secondary N) is 1. The number of benzene rings is 2. The van der Waals surface area contributed by atoms with E-state index < -0.39 is 0 Å². The van der Waals surface area contributed by atoms with Crippen LogP contribution in [0.5, 0.6) is 17.2 Å². The van der Waals surface area contributed by atoms with Crippen molar-refractivity contribution in [2.24, 2.45) is 0 Å². The smallest absolute Gasteiger partial charge is 0.226 e. The van der Waals surface area contributed by atoms with Crippen molar-refractivity contribution in [3.63, 3.8) is 0 Å². The van der Waals surface area contributed by atoms with E-state index in [1.54, 1.807) is 32.2 Å². The molecule has 28 heavy (non-hydrogen) atoms. The van der Waals surface area contributed by atoms with Gasteiger partial charge in [0.1, 0.15) is 11.6 Å². The van der Waals surface area contributed by atoms with Crippen molar-refractivity contribution in [2.75, 3.05) is 26.6 Å². The molecule has 4 rings (SSSR count). The molecule has 1 aromatic heterocycles. The first kappa shape index (κ1) is 17.9. The Balaban J connectivity index is 1.76. The minimum Gasteiger partial charge on any atom is -0.497 e. The van der Waals surface area contributed by atoms with Crippen LogP contribution in [0.2, 0.25) is 0 Å². The highest BCUT2D eigenvalue weighted by molar-refractivity contribution is 5.94. The molecule has 3 aromatic rings. The molecule has 0 aliphatic carbocycles. The zero-order valence-corrected chi connectivity index (χ0v) is 15.9. The number of carbonyl (C=O) groups is 1. The normalized spacial score (nSPS) is 15.5. The highest BCUT2D eigenvalue weighted by Crippen LogP contribution is 2.40. The standard InChI is InChI=1S/C21H21N3O4/c1-26-15-7-5-14(6-8-15)24-21-17(12-22-24)16(11-20(25)23-21)13-4-9-18(27-2)19(10-13)28-3/h4-10,12,16H,11H2,1-3H3,(H,23,25). The van der Waals surface area contributed by atoms with Gasteiger partial charge in [-0.05, 0) is 42.0 Å². The number of anilines is 1. The second-order valence-corrected chi connectivity index (χ2v) is 6.48. The van der Waals surface area contributed by atoms with E-state index in [-0.39, 0.29) is 11.8 Å². The quantitative estimate of drug-likeness (QED) is 0.736. The van der Waals surface area contributed by atoms with E-state index in [4.69, 9.17) is 14.2 Å². The summed E-state index contributed by atoms with van der Waals surface area (Å²) in [7, 11) is 4.82. The fraction of sp³-hybridized carbons (Fsp3) is 0.238. The zero-order chi connectivity index (χ0) is 19.7. The molecule has 0 bridgehead atoms. The number of rotatable bonds is 5. The average molecular weight is 379 g/mol. The van der Waals surface area contributed by atoms with Crippen molar-refractivity contribution in [1.29, 1.82) is 0 Å². The van der Waals surface area contributed by atoms with Gasteiger partial charge < -0.3 is 19.5 Å². The summed E-state index contributed by atoms with van der Waals surface area (Å²) in [6.07, 6.45) is 2.15. The predicted molar refractivity (Wildman–Crippen MR) is 105 cm³/mol. The van der Waals surface area contributed by atoms with E-state index in [9.17, 15) is 4.79 Å². The lowest BCUT2D eigenvalue weighted by atomic mass is 9.87. The summed E-state index contributed by atoms with van der Waals surface area (Å²) in [6, 6.07) is 13.3. The van der Waals surface area contributed by atoms with Gasteiger partial charge in [-0.2, -0.15) is 5.10 Å². The van der Waals surface area contributed by atoms with Gasteiger partial charge in [-0.15, -0.1) is 0 Å². The van der Waals surface area contributed by atoms with Gasteiger partial charge >= 0.3 is 0 Å². The minimum absolute atomic E-state index is 0.0532. The Morgan fingerprint density at radius 2 is 1.75 bits per heavy atom. The van der Waals surface area contributed by atoms with Crippen LogP contribution in [-0.2, 0) is 4.79 Å². The number of nitrogens with zero attached hydrogens (tertiary/aromatic N) is 2. The van der Waals surface area contributed by atoms with Crippen LogP contribution in [0.15, 0.2) is 48.7 Å². The van der Waals surface area contributed by atoms with Gasteiger partial charge in [0, 0.05) is 17.9 Å². The fourth-order valence-electron chi connectivity index (χ4n) is 3.51. The molecule has 0 saturated heterocycles. The van der Waals surface area contributed by atoms with Crippen molar-refractivity contribution in [3.8, 4) is 22.9 Å². The molecule has 144 valence electrons. The van der Waals surface area contributed by atoms with Crippen molar-refractivity contribution >= 4 is 11.7 Å². The summed E-state index contributed by atoms with van der Waals surface area (Å²) in [5.74, 6) is 2.56. The van der Waals surface area contributed by atoms with Crippen LogP contribution in [0.1, 0.15) is 23.5 Å². The van der Waals surface area contributed by atoms with Gasteiger partial charge in [-0.3, -0.25) is 4.79 Å². The number of hydrogen-bond donors (Lipinski definition) is 1. The summed E-state index contributed by atoms with van der Waals surface area (Å²) < 4.78 is 17.7. The zero-order valence-electron chi connectivity index (χ0n) is 15.9. The number of fused-ring (bicyclic) bond motifs is 1. The highest BCUT2D eigenvalue weighted by atomic mass is 16.5. The van der Waals surface area contributed by atoms with Gasteiger partial charge in [0.25, 0.3) is 0 Å². The van der Waals surface area contributed by atoms with Crippen molar-refractivity contribution < 1.29 is 19.0 Å². The molecular formula is C21H21N3O4. The summed E-state index contributed by atoms with van der Waals surface area (Å²) >= 11 is 0. The molecule has 1 aliphatic heterocycles. The van der Waals surface area contributed by atoms with Gasteiger partial charge in [-0.1, -0.05) is 6.07 Å². The molecule has 0 spiro atoms. The molecule has 2 heterocycles. The Kier molecular flexibility index (Phi) is 4.65. The van der Waals surface area contributed by atoms with E-state index in [2.05, 4.69) is 10.4 Å². The molecule has 1 atom stereocenters. The number of ether oxygens (including phenoxy) is 3. The number of amides is 1. The van der Waals surface area contributed by atoms with E-state index in [1.807, 2.05) is 42.5 Å². The lowest BCUT2D eigenvalue weighted by molar-refractivity contribution is -0.116. The summed E-state index contributed by atoms with van der Waals surface area (Å²) in [5.41, 5.74) is 2.78. The Bertz CT molecular complexity index is 1010. The topological polar surface area (TPSA) is 74.6 Å². The van der Waals surface area contributed by atoms with E-state index in [0.29, 0.717) is 23.7 Å². The third-order valence-electron chi connectivity index (χ3n) is 4.95. The van der Waals surface area contributed by atoms with Gasteiger partial charge in [-0.25, -0.2) is 4.68 Å². The second kappa shape index (κ2) is 7.26. The van der Waals surface area contributed by atoms with Crippen molar-refractivity contribution in [1.82, 2.24) is 9.78 Å². The molecule has 0 radical (unpaired) electrons. The molecule has 1 unspecified atom stereocenters. The average Bonchev–Trinajstić information content (AvgIpc) is 3.16. The van der Waals surface area contributed by atoms with Crippen LogP contribution >= 0.6 is 0 Å². The SMILES string of the molecule is COc1ccc(-n2ncc3c2NC(=O)CC3c2ccc(OC)c(OC)c2)cc1. The van der Waals surface area contributed by atoms with E-state index in [0.717, 1.165) is 22.6 Å². The second-order valence-electron chi connectivity index (χ2n) is 6.48. The Morgan fingerprint density at radius 1 is 1.00 bits per heavy atom. The first-order valence-electron chi connectivity index (χ1n) is 8.88. The first-order chi connectivity index (χ1) is 13.6. The number of methoxy groups -OCH3 is 3. The number of carbonyl (C=O) groups excluding carboxylic acids is 1. The molecule has 7 nitrogen and oxygen atoms in total. The maximum atomic E-state index is 12.4. The van der Waals surface area contributed by atoms with Crippen molar-refractivity contribution in [2.45, 2.75) is 12.3 Å². The van der Waals surface area contributed by atoms with Crippen LogP contribution in [-0.4, -0.2) is 37.0 Å². The van der Waals surface area contributed by atoms with Crippen LogP contribution < -0.4 is 19.5 Å². The monoisotopic (exact) mass is 379 g/mol. The van der Waals surface area contributed by atoms with Crippen molar-refractivity contribution in [3.05, 3.63) is 59.8 Å². The van der Waals surface area contributed by atoms with E-state index in [1.165, 1.54) is 0 Å². The molecule has 2 aromatic carbocycles. The minimum atomic E-state index is -0.115. The predicted octanol–water partition coefficient (Wildman–Crippen LogP) is 3.37. The Morgan fingerprint density at radius 3 is 2.43 bits per heavy atom. The molecule has 1 N–H and O–H groups in total. The van der Waals surface area contributed by atoms with Gasteiger partial charge in [0.15, 0.2) is 11.5 Å². The molecule has 0 saturated carbocycles.